The summed E-state index contributed by atoms with van der Waals surface area (Å²) >= 11 is 6.92. The summed E-state index contributed by atoms with van der Waals surface area (Å²) < 4.78 is 18.2. The van der Waals surface area contributed by atoms with E-state index < -0.39 is 22.9 Å². The lowest BCUT2D eigenvalue weighted by Crippen LogP contribution is -2.27. The van der Waals surface area contributed by atoms with Crippen LogP contribution in [-0.2, 0) is 16.1 Å². The molecule has 1 fully saturated rings. The Hall–Kier alpha value is -2.84. The minimum Gasteiger partial charge on any atom is -0.482 e. The smallest absolute Gasteiger partial charge is 0.293 e. The average molecular weight is 421 g/mol. The van der Waals surface area contributed by atoms with E-state index in [0.717, 1.165) is 16.7 Å². The Balaban J connectivity index is 1.75. The van der Waals surface area contributed by atoms with E-state index in [1.54, 1.807) is 24.3 Å². The van der Waals surface area contributed by atoms with Gasteiger partial charge in [-0.05, 0) is 53.2 Å². The maximum atomic E-state index is 13.0. The van der Waals surface area contributed by atoms with Gasteiger partial charge in [-0.15, -0.1) is 0 Å². The summed E-state index contributed by atoms with van der Waals surface area (Å²) in [5.74, 6) is -1.18. The molecule has 144 valence electrons. The van der Waals surface area contributed by atoms with Crippen molar-refractivity contribution in [1.82, 2.24) is 4.90 Å². The first-order valence-corrected chi connectivity index (χ1v) is 9.23. The molecular formula is C19H14ClFN2O4S. The van der Waals surface area contributed by atoms with E-state index in [0.29, 0.717) is 11.1 Å². The second-order valence-corrected chi connectivity index (χ2v) is 7.24. The zero-order valence-electron chi connectivity index (χ0n) is 14.4. The lowest BCUT2D eigenvalue weighted by molar-refractivity contribution is -0.123. The number of rotatable bonds is 6. The van der Waals surface area contributed by atoms with Crippen LogP contribution in [0.1, 0.15) is 11.1 Å². The largest absolute Gasteiger partial charge is 0.482 e. The van der Waals surface area contributed by atoms with Crippen LogP contribution in [-0.4, -0.2) is 28.6 Å². The molecule has 9 heteroatoms. The molecule has 2 aromatic carbocycles. The van der Waals surface area contributed by atoms with E-state index in [9.17, 15) is 18.8 Å². The van der Waals surface area contributed by atoms with Crippen LogP contribution in [0.25, 0.3) is 6.08 Å². The van der Waals surface area contributed by atoms with Crippen LogP contribution in [0.5, 0.6) is 5.75 Å². The summed E-state index contributed by atoms with van der Waals surface area (Å²) in [5.41, 5.74) is 6.25. The predicted octanol–water partition coefficient (Wildman–Crippen LogP) is 3.58. The summed E-state index contributed by atoms with van der Waals surface area (Å²) in [7, 11) is 0. The van der Waals surface area contributed by atoms with E-state index in [1.807, 2.05) is 0 Å². The first-order chi connectivity index (χ1) is 13.3. The summed E-state index contributed by atoms with van der Waals surface area (Å²) in [6, 6.07) is 10.3. The number of benzene rings is 2. The number of halogens is 2. The van der Waals surface area contributed by atoms with Gasteiger partial charge in [-0.1, -0.05) is 29.8 Å². The predicted molar refractivity (Wildman–Crippen MR) is 104 cm³/mol. The maximum absolute atomic E-state index is 13.0. The van der Waals surface area contributed by atoms with Gasteiger partial charge in [0.2, 0.25) is 0 Å². The fourth-order valence-electron chi connectivity index (χ4n) is 2.43. The van der Waals surface area contributed by atoms with Crippen molar-refractivity contribution >= 4 is 46.5 Å². The fourth-order valence-corrected chi connectivity index (χ4v) is 3.51. The Morgan fingerprint density at radius 1 is 1.21 bits per heavy atom. The minimum absolute atomic E-state index is 0.0585. The molecule has 0 spiro atoms. The van der Waals surface area contributed by atoms with Gasteiger partial charge in [0.1, 0.15) is 11.6 Å². The number of hydrogen-bond donors (Lipinski definition) is 1. The van der Waals surface area contributed by atoms with Crippen molar-refractivity contribution in [1.29, 1.82) is 0 Å². The molecule has 0 aromatic heterocycles. The van der Waals surface area contributed by atoms with Gasteiger partial charge in [0.25, 0.3) is 17.1 Å². The third kappa shape index (κ3) is 4.71. The zero-order chi connectivity index (χ0) is 20.3. The molecule has 6 nitrogen and oxygen atoms in total. The summed E-state index contributed by atoms with van der Waals surface area (Å²) in [6.07, 6.45) is 1.54. The number of ether oxygens (including phenoxy) is 1. The Morgan fingerprint density at radius 3 is 2.57 bits per heavy atom. The number of nitrogens with two attached hydrogens (primary N) is 1. The highest BCUT2D eigenvalue weighted by molar-refractivity contribution is 8.18. The van der Waals surface area contributed by atoms with E-state index in [-0.39, 0.29) is 28.8 Å². The molecule has 0 unspecified atom stereocenters. The van der Waals surface area contributed by atoms with Crippen LogP contribution in [0.15, 0.2) is 47.4 Å². The van der Waals surface area contributed by atoms with Crippen molar-refractivity contribution in [3.8, 4) is 5.75 Å². The van der Waals surface area contributed by atoms with Gasteiger partial charge in [-0.3, -0.25) is 19.3 Å². The molecule has 3 rings (SSSR count). The highest BCUT2D eigenvalue weighted by atomic mass is 35.5. The Kier molecular flexibility index (Phi) is 6.01. The molecule has 0 saturated carbocycles. The zero-order valence-corrected chi connectivity index (χ0v) is 15.9. The van der Waals surface area contributed by atoms with E-state index >= 15 is 0 Å². The molecule has 28 heavy (non-hydrogen) atoms. The molecular weight excluding hydrogens is 407 g/mol. The maximum Gasteiger partial charge on any atom is 0.293 e. The van der Waals surface area contributed by atoms with Crippen molar-refractivity contribution in [2.24, 2.45) is 5.73 Å². The number of imide groups is 1. The topological polar surface area (TPSA) is 89.7 Å². The van der Waals surface area contributed by atoms with Crippen molar-refractivity contribution in [3.63, 3.8) is 0 Å². The molecule has 0 radical (unpaired) electrons. The van der Waals surface area contributed by atoms with E-state index in [4.69, 9.17) is 22.1 Å². The first-order valence-electron chi connectivity index (χ1n) is 8.04. The van der Waals surface area contributed by atoms with Gasteiger partial charge in [0, 0.05) is 0 Å². The first kappa shape index (κ1) is 19.9. The van der Waals surface area contributed by atoms with Gasteiger partial charge < -0.3 is 10.5 Å². The minimum atomic E-state index is -0.630. The Labute approximate surface area is 169 Å². The molecule has 1 saturated heterocycles. The lowest BCUT2D eigenvalue weighted by atomic mass is 10.2. The van der Waals surface area contributed by atoms with E-state index in [2.05, 4.69) is 0 Å². The average Bonchev–Trinajstić information content (AvgIpc) is 2.90. The highest BCUT2D eigenvalue weighted by Crippen LogP contribution is 2.34. The number of nitrogens with zero attached hydrogens (tertiary/aromatic N) is 1. The van der Waals surface area contributed by atoms with Crippen LogP contribution in [0.2, 0.25) is 5.02 Å². The van der Waals surface area contributed by atoms with Crippen LogP contribution in [0, 0.1) is 5.82 Å². The van der Waals surface area contributed by atoms with Gasteiger partial charge in [0.15, 0.2) is 6.61 Å². The third-order valence-electron chi connectivity index (χ3n) is 3.75. The van der Waals surface area contributed by atoms with Crippen molar-refractivity contribution in [2.45, 2.75) is 6.54 Å². The molecule has 1 aliphatic heterocycles. The molecule has 0 aliphatic carbocycles. The number of carbonyl (C=O) groups is 3. The third-order valence-corrected chi connectivity index (χ3v) is 4.95. The number of carbonyl (C=O) groups excluding carboxylic acids is 3. The molecule has 1 heterocycles. The number of hydrogen-bond acceptors (Lipinski definition) is 5. The summed E-state index contributed by atoms with van der Waals surface area (Å²) in [4.78, 5) is 36.9. The molecule has 3 amide bonds. The van der Waals surface area contributed by atoms with Crippen molar-refractivity contribution in [3.05, 3.63) is 69.3 Å². The van der Waals surface area contributed by atoms with Gasteiger partial charge in [0.05, 0.1) is 16.5 Å². The van der Waals surface area contributed by atoms with Gasteiger partial charge in [-0.25, -0.2) is 4.39 Å². The monoisotopic (exact) mass is 420 g/mol. The second kappa shape index (κ2) is 8.45. The summed E-state index contributed by atoms with van der Waals surface area (Å²) in [6.45, 7) is -0.246. The number of thioether (sulfide) groups is 1. The molecule has 2 aromatic rings. The van der Waals surface area contributed by atoms with Crippen LogP contribution in [0.3, 0.4) is 0 Å². The van der Waals surface area contributed by atoms with Crippen molar-refractivity contribution in [2.75, 3.05) is 6.61 Å². The molecule has 1 aliphatic rings. The lowest BCUT2D eigenvalue weighted by Gasteiger charge is -2.12. The van der Waals surface area contributed by atoms with Crippen LogP contribution >= 0.6 is 23.4 Å². The van der Waals surface area contributed by atoms with Crippen LogP contribution < -0.4 is 10.5 Å². The van der Waals surface area contributed by atoms with Gasteiger partial charge >= 0.3 is 0 Å². The van der Waals surface area contributed by atoms with Gasteiger partial charge in [-0.2, -0.15) is 0 Å². The summed E-state index contributed by atoms with van der Waals surface area (Å²) in [5, 5.41) is -0.173. The second-order valence-electron chi connectivity index (χ2n) is 5.84. The fraction of sp³-hybridized carbons (Fsp3) is 0.105. The van der Waals surface area contributed by atoms with Crippen LogP contribution in [0.4, 0.5) is 9.18 Å². The quantitative estimate of drug-likeness (QED) is 0.721. The number of primary amides is 1. The SMILES string of the molecule is NC(=O)COc1ccc(C=C2SC(=O)N(Cc3ccc(F)cc3)C2=O)cc1Cl. The molecule has 2 N–H and O–H groups in total. The Bertz CT molecular complexity index is 978. The highest BCUT2D eigenvalue weighted by Gasteiger charge is 2.35. The molecule has 0 atom stereocenters. The normalized spacial score (nSPS) is 15.4. The van der Waals surface area contributed by atoms with Crippen molar-refractivity contribution < 1.29 is 23.5 Å². The standard InChI is InChI=1S/C19H14ClFN2O4S/c20-14-7-12(3-6-15(14)27-10-17(22)24)8-16-18(25)23(19(26)28-16)9-11-1-4-13(21)5-2-11/h1-8H,9-10H2,(H2,22,24). The number of amides is 3. The van der Waals surface area contributed by atoms with E-state index in [1.165, 1.54) is 24.3 Å². The molecule has 0 bridgehead atoms. The Morgan fingerprint density at radius 2 is 1.93 bits per heavy atom.